The Bertz CT molecular complexity index is 594. The molecule has 0 aliphatic carbocycles. The Morgan fingerprint density at radius 3 is 2.44 bits per heavy atom. The first-order valence-corrected chi connectivity index (χ1v) is 4.87. The van der Waals surface area contributed by atoms with Gasteiger partial charge in [-0.1, -0.05) is 15.5 Å². The van der Waals surface area contributed by atoms with Crippen LogP contribution in [0.3, 0.4) is 0 Å². The van der Waals surface area contributed by atoms with Gasteiger partial charge in [-0.2, -0.15) is 5.26 Å². The molecule has 0 aromatic carbocycles. The summed E-state index contributed by atoms with van der Waals surface area (Å²) in [5, 5.41) is 31.9. The predicted molar refractivity (Wildman–Crippen MR) is 55.5 cm³/mol. The highest BCUT2D eigenvalue weighted by atomic mass is 16.6. The van der Waals surface area contributed by atoms with Crippen molar-refractivity contribution < 1.29 is 9.26 Å². The number of nitriles is 1. The quantitative estimate of drug-likeness (QED) is 0.446. The molecule has 0 bridgehead atoms. The van der Waals surface area contributed by atoms with Crippen molar-refractivity contribution in [1.29, 1.82) is 5.26 Å². The standard InChI is InChI=1S/C8H8N8O2/c1-5-7(13-17-11-5)10-15-16(4-3-9)8-6(2)12-18-14-8/h4H2,1-2H3. The van der Waals surface area contributed by atoms with Crippen molar-refractivity contribution in [3.63, 3.8) is 0 Å². The Balaban J connectivity index is 2.23. The molecular weight excluding hydrogens is 240 g/mol. The molecule has 10 nitrogen and oxygen atoms in total. The Morgan fingerprint density at radius 1 is 1.17 bits per heavy atom. The molecule has 0 unspecified atom stereocenters. The lowest BCUT2D eigenvalue weighted by Crippen LogP contribution is -2.16. The first-order valence-electron chi connectivity index (χ1n) is 4.87. The fraction of sp³-hybridized carbons (Fsp3) is 0.375. The van der Waals surface area contributed by atoms with Gasteiger partial charge >= 0.3 is 0 Å². The smallest absolute Gasteiger partial charge is 0.242 e. The van der Waals surface area contributed by atoms with Crippen molar-refractivity contribution in [1.82, 2.24) is 20.6 Å². The summed E-state index contributed by atoms with van der Waals surface area (Å²) in [5.74, 6) is 0.543. The van der Waals surface area contributed by atoms with E-state index in [-0.39, 0.29) is 12.4 Å². The monoisotopic (exact) mass is 248 g/mol. The number of rotatable bonds is 4. The summed E-state index contributed by atoms with van der Waals surface area (Å²) < 4.78 is 9.00. The third kappa shape index (κ3) is 2.29. The molecule has 2 aromatic rings. The highest BCUT2D eigenvalue weighted by Crippen LogP contribution is 2.18. The topological polar surface area (TPSA) is 130 Å². The molecule has 2 heterocycles. The van der Waals surface area contributed by atoms with Crippen LogP contribution in [0, 0.1) is 25.2 Å². The summed E-state index contributed by atoms with van der Waals surface area (Å²) >= 11 is 0. The maximum Gasteiger partial charge on any atom is 0.242 e. The maximum atomic E-state index is 8.72. The minimum atomic E-state index is -0.0527. The molecule has 0 saturated carbocycles. The number of anilines is 1. The first kappa shape index (κ1) is 11.6. The number of hydrogen-bond acceptors (Lipinski definition) is 9. The van der Waals surface area contributed by atoms with Crippen molar-refractivity contribution in [3.8, 4) is 6.07 Å². The van der Waals surface area contributed by atoms with E-state index >= 15 is 0 Å². The Morgan fingerprint density at radius 2 is 1.89 bits per heavy atom. The molecule has 0 N–H and O–H groups in total. The van der Waals surface area contributed by atoms with E-state index in [2.05, 4.69) is 40.2 Å². The van der Waals surface area contributed by atoms with Crippen molar-refractivity contribution in [2.24, 2.45) is 10.3 Å². The van der Waals surface area contributed by atoms with E-state index in [0.29, 0.717) is 17.2 Å². The van der Waals surface area contributed by atoms with Crippen LogP contribution in [-0.4, -0.2) is 27.2 Å². The predicted octanol–water partition coefficient (Wildman–Crippen LogP) is 1.10. The summed E-state index contributed by atoms with van der Waals surface area (Å²) in [5.41, 5.74) is 0.991. The van der Waals surface area contributed by atoms with Gasteiger partial charge in [0, 0.05) is 0 Å². The van der Waals surface area contributed by atoms with Crippen molar-refractivity contribution in [2.45, 2.75) is 13.8 Å². The fourth-order valence-electron chi connectivity index (χ4n) is 1.09. The van der Waals surface area contributed by atoms with Crippen LogP contribution in [-0.2, 0) is 0 Å². The van der Waals surface area contributed by atoms with Crippen molar-refractivity contribution in [2.75, 3.05) is 11.6 Å². The van der Waals surface area contributed by atoms with Crippen LogP contribution in [0.2, 0.25) is 0 Å². The molecule has 0 saturated heterocycles. The molecule has 0 fully saturated rings. The van der Waals surface area contributed by atoms with Gasteiger partial charge in [0.2, 0.25) is 11.6 Å². The lowest BCUT2D eigenvalue weighted by Gasteiger charge is -2.08. The number of aryl methyl sites for hydroxylation is 2. The van der Waals surface area contributed by atoms with Crippen molar-refractivity contribution >= 4 is 11.6 Å². The Kier molecular flexibility index (Phi) is 3.24. The molecular formula is C8H8N8O2. The molecule has 2 rings (SSSR count). The third-order valence-corrected chi connectivity index (χ3v) is 1.97. The van der Waals surface area contributed by atoms with Crippen LogP contribution in [0.25, 0.3) is 0 Å². The average molecular weight is 248 g/mol. The molecule has 92 valence electrons. The van der Waals surface area contributed by atoms with Crippen LogP contribution in [0.5, 0.6) is 0 Å². The number of hydrogen-bond donors (Lipinski definition) is 0. The zero-order valence-electron chi connectivity index (χ0n) is 9.60. The van der Waals surface area contributed by atoms with Gasteiger partial charge in [0.15, 0.2) is 0 Å². The van der Waals surface area contributed by atoms with Gasteiger partial charge in [-0.25, -0.2) is 14.3 Å². The summed E-state index contributed by atoms with van der Waals surface area (Å²) in [4.78, 5) is 0. The van der Waals surface area contributed by atoms with Crippen molar-refractivity contribution in [3.05, 3.63) is 11.4 Å². The molecule has 0 spiro atoms. The van der Waals surface area contributed by atoms with Crippen LogP contribution < -0.4 is 5.01 Å². The van der Waals surface area contributed by atoms with Crippen LogP contribution >= 0.6 is 0 Å². The van der Waals surface area contributed by atoms with Crippen LogP contribution in [0.1, 0.15) is 11.4 Å². The van der Waals surface area contributed by atoms with E-state index in [0.717, 1.165) is 0 Å². The minimum Gasteiger partial charge on any atom is -0.242 e. The highest BCUT2D eigenvalue weighted by molar-refractivity contribution is 5.40. The summed E-state index contributed by atoms with van der Waals surface area (Å²) in [7, 11) is 0. The van der Waals surface area contributed by atoms with Crippen LogP contribution in [0.15, 0.2) is 19.6 Å². The molecule has 0 atom stereocenters. The van der Waals surface area contributed by atoms with E-state index in [1.54, 1.807) is 13.8 Å². The SMILES string of the molecule is Cc1nonc1N=NN(CC#N)c1nonc1C. The van der Waals surface area contributed by atoms with Crippen LogP contribution in [0.4, 0.5) is 11.6 Å². The number of aromatic nitrogens is 4. The second-order valence-corrected chi connectivity index (χ2v) is 3.25. The fourth-order valence-corrected chi connectivity index (χ4v) is 1.09. The Hall–Kier alpha value is -2.83. The zero-order valence-corrected chi connectivity index (χ0v) is 9.60. The maximum absolute atomic E-state index is 8.72. The van der Waals surface area contributed by atoms with Gasteiger partial charge in [-0.05, 0) is 24.2 Å². The van der Waals surface area contributed by atoms with E-state index < -0.39 is 0 Å². The van der Waals surface area contributed by atoms with E-state index in [4.69, 9.17) is 5.26 Å². The van der Waals surface area contributed by atoms with Gasteiger partial charge in [-0.15, -0.1) is 5.11 Å². The van der Waals surface area contributed by atoms with Gasteiger partial charge in [0.05, 0.1) is 6.07 Å². The lowest BCUT2D eigenvalue weighted by molar-refractivity contribution is 0.304. The Labute approximate surface area is 101 Å². The van der Waals surface area contributed by atoms with E-state index in [9.17, 15) is 0 Å². The molecule has 2 aromatic heterocycles. The second kappa shape index (κ2) is 5.00. The van der Waals surface area contributed by atoms with Gasteiger partial charge in [-0.3, -0.25) is 0 Å². The number of nitrogens with zero attached hydrogens (tertiary/aromatic N) is 8. The minimum absolute atomic E-state index is 0.0527. The van der Waals surface area contributed by atoms with E-state index in [1.165, 1.54) is 5.01 Å². The largest absolute Gasteiger partial charge is 0.242 e. The summed E-state index contributed by atoms with van der Waals surface area (Å²) in [6.45, 7) is 3.29. The second-order valence-electron chi connectivity index (χ2n) is 3.25. The normalized spacial score (nSPS) is 10.7. The zero-order chi connectivity index (χ0) is 13.0. The van der Waals surface area contributed by atoms with E-state index in [1.807, 2.05) is 6.07 Å². The third-order valence-electron chi connectivity index (χ3n) is 1.97. The van der Waals surface area contributed by atoms with Gasteiger partial charge < -0.3 is 0 Å². The average Bonchev–Trinajstić information content (AvgIpc) is 2.94. The van der Waals surface area contributed by atoms with Gasteiger partial charge in [0.1, 0.15) is 17.9 Å². The molecule has 0 aliphatic heterocycles. The first-order chi connectivity index (χ1) is 8.72. The molecule has 0 radical (unpaired) electrons. The summed E-state index contributed by atoms with van der Waals surface area (Å²) in [6, 6.07) is 1.93. The molecule has 0 aliphatic rings. The highest BCUT2D eigenvalue weighted by Gasteiger charge is 2.14. The summed E-state index contributed by atoms with van der Waals surface area (Å²) in [6.07, 6.45) is 0. The molecule has 18 heavy (non-hydrogen) atoms. The molecule has 10 heteroatoms. The molecule has 0 amide bonds. The lowest BCUT2D eigenvalue weighted by atomic mass is 10.4. The van der Waals surface area contributed by atoms with Gasteiger partial charge in [0.25, 0.3) is 0 Å².